The first-order valence-corrected chi connectivity index (χ1v) is 23.5. The van der Waals surface area contributed by atoms with Crippen molar-refractivity contribution < 1.29 is 37.1 Å². The molecule has 4 saturated heterocycles. The van der Waals surface area contributed by atoms with E-state index in [0.29, 0.717) is 66.1 Å². The number of aromatic nitrogens is 4. The van der Waals surface area contributed by atoms with Crippen molar-refractivity contribution in [3.05, 3.63) is 93.9 Å². The number of hydrogen-bond acceptors (Lipinski definition) is 13. The first-order valence-electron chi connectivity index (χ1n) is 21.2. The van der Waals surface area contributed by atoms with E-state index < -0.39 is 51.0 Å². The number of benzene rings is 2. The van der Waals surface area contributed by atoms with Gasteiger partial charge in [0.05, 0.1) is 38.5 Å². The highest BCUT2D eigenvalue weighted by Gasteiger charge is 2.56. The van der Waals surface area contributed by atoms with Gasteiger partial charge in [0.2, 0.25) is 27.7 Å². The smallest absolute Gasteiger partial charge is 0.262 e. The molecule has 65 heavy (non-hydrogen) atoms. The molecule has 3 N–H and O–H groups in total. The number of rotatable bonds is 11. The number of halogens is 2. The van der Waals surface area contributed by atoms with Gasteiger partial charge in [0.25, 0.3) is 11.8 Å². The minimum absolute atomic E-state index is 0.0196. The molecule has 4 fully saturated rings. The number of hydrogen-bond donors (Lipinski definition) is 3. The van der Waals surface area contributed by atoms with E-state index in [1.165, 1.54) is 24.5 Å². The fraction of sp³-hybridized carbons (Fsp3) is 0.364. The fourth-order valence-corrected chi connectivity index (χ4v) is 12.4. The van der Waals surface area contributed by atoms with Gasteiger partial charge in [0.15, 0.2) is 0 Å². The van der Waals surface area contributed by atoms with Crippen molar-refractivity contribution in [1.82, 2.24) is 39.6 Å². The van der Waals surface area contributed by atoms with E-state index in [-0.39, 0.29) is 54.9 Å². The zero-order valence-electron chi connectivity index (χ0n) is 34.9. The third-order valence-corrected chi connectivity index (χ3v) is 15.9. The lowest BCUT2D eigenvalue weighted by atomic mass is 9.74. The Kier molecular flexibility index (Phi) is 10.8. The lowest BCUT2D eigenvalue weighted by Crippen LogP contribution is -2.73. The summed E-state index contributed by atoms with van der Waals surface area (Å²) in [7, 11) is -3.56. The summed E-state index contributed by atoms with van der Waals surface area (Å²) in [6, 6.07) is 13.0. The van der Waals surface area contributed by atoms with Crippen molar-refractivity contribution in [3.63, 3.8) is 0 Å². The van der Waals surface area contributed by atoms with Crippen molar-refractivity contribution in [2.24, 2.45) is 5.41 Å². The Bertz CT molecular complexity index is 2890. The molecule has 10 rings (SSSR count). The number of sulfonamides is 1. The van der Waals surface area contributed by atoms with Crippen LogP contribution in [-0.4, -0.2) is 129 Å². The molecule has 21 heteroatoms. The van der Waals surface area contributed by atoms with Crippen LogP contribution in [0.1, 0.15) is 65.0 Å². The number of likely N-dealkylation sites (tertiary alicyclic amines) is 1. The second-order valence-corrected chi connectivity index (χ2v) is 20.3. The van der Waals surface area contributed by atoms with Crippen molar-refractivity contribution >= 4 is 85.2 Å². The highest BCUT2D eigenvalue weighted by atomic mass is 35.5. The second-order valence-electron chi connectivity index (χ2n) is 17.3. The Hall–Kier alpha value is -6.15. The molecule has 5 aromatic rings. The van der Waals surface area contributed by atoms with Crippen molar-refractivity contribution in [1.29, 1.82) is 0 Å². The summed E-state index contributed by atoms with van der Waals surface area (Å²) in [5.41, 5.74) is 3.57. The van der Waals surface area contributed by atoms with Crippen molar-refractivity contribution in [2.45, 2.75) is 50.0 Å². The molecule has 1 spiro atoms. The monoisotopic (exact) mass is 940 g/mol. The lowest BCUT2D eigenvalue weighted by molar-refractivity contribution is -0.136. The Labute approximate surface area is 382 Å². The molecule has 5 aliphatic heterocycles. The van der Waals surface area contributed by atoms with E-state index in [9.17, 15) is 32.4 Å². The third-order valence-electron chi connectivity index (χ3n) is 13.0. The number of nitrogens with zero attached hydrogens (tertiary/aromatic N) is 7. The van der Waals surface area contributed by atoms with Crippen LogP contribution in [0.3, 0.4) is 0 Å². The van der Waals surface area contributed by atoms with Gasteiger partial charge in [-0.1, -0.05) is 23.2 Å². The number of anilines is 2. The molecule has 0 bridgehead atoms. The zero-order chi connectivity index (χ0) is 45.4. The minimum Gasteiger partial charge on any atom is -0.486 e. The maximum absolute atomic E-state index is 13.7. The second kappa shape index (κ2) is 16.4. The lowest BCUT2D eigenvalue weighted by Gasteiger charge is -2.60. The number of nitrogens with one attached hydrogen (secondary N) is 3. The van der Waals surface area contributed by atoms with Gasteiger partial charge in [-0.15, -0.1) is 0 Å². The molecule has 18 nitrogen and oxygen atoms in total. The van der Waals surface area contributed by atoms with E-state index in [0.717, 1.165) is 32.9 Å². The molecule has 5 amide bonds. The summed E-state index contributed by atoms with van der Waals surface area (Å²) in [5, 5.41) is 13.9. The highest BCUT2D eigenvalue weighted by Crippen LogP contribution is 2.44. The third kappa shape index (κ3) is 7.72. The Morgan fingerprint density at radius 2 is 1.66 bits per heavy atom. The number of carbonyl (C=O) groups excluding carboxylic acids is 5. The standard InChI is InChI=1S/C44H42Cl2N10O8S/c1-24(39-32(45)17-47-18-33(39)46)64-27-4-6-34-31(15-27)40(52-51-34)25-2-8-36(49-16-25)54-20-44(21-54)22-55(23-44)65(62,63)28-10-12-53(13-11-28)38(58)19-48-26-3-5-29-30(14-26)43(61)56(42(29)60)35-7-9-37(57)50-41(35)59/h2-6,8,14-18,24,28,35,48H,7,9-13,19-23H2,1H3,(H,51,52)(H,50,57,59)/t24-,35?/m1/s1. The van der Waals surface area contributed by atoms with Crippen LogP contribution in [0.2, 0.25) is 10.0 Å². The van der Waals surface area contributed by atoms with E-state index >= 15 is 0 Å². The normalized spacial score (nSPS) is 20.4. The number of aromatic amines is 1. The molecule has 0 saturated carbocycles. The highest BCUT2D eigenvalue weighted by molar-refractivity contribution is 7.89. The van der Waals surface area contributed by atoms with E-state index in [1.54, 1.807) is 21.5 Å². The topological polar surface area (TPSA) is 220 Å². The summed E-state index contributed by atoms with van der Waals surface area (Å²) >= 11 is 12.7. The number of piperidine rings is 2. The molecule has 8 heterocycles. The Morgan fingerprint density at radius 3 is 2.37 bits per heavy atom. The quantitative estimate of drug-likeness (QED) is 0.156. The minimum atomic E-state index is -3.56. The molecule has 5 aliphatic rings. The summed E-state index contributed by atoms with van der Waals surface area (Å²) in [4.78, 5) is 76.8. The Balaban J connectivity index is 0.688. The van der Waals surface area contributed by atoms with E-state index in [2.05, 4.69) is 30.7 Å². The first kappa shape index (κ1) is 42.8. The Morgan fingerprint density at radius 1 is 0.923 bits per heavy atom. The van der Waals surface area contributed by atoms with Gasteiger partial charge in [0.1, 0.15) is 29.4 Å². The number of pyridine rings is 2. The average molecular weight is 942 g/mol. The summed E-state index contributed by atoms with van der Waals surface area (Å²) in [5.74, 6) is -1.21. The van der Waals surface area contributed by atoms with Gasteiger partial charge in [-0.3, -0.25) is 44.3 Å². The van der Waals surface area contributed by atoms with Gasteiger partial charge in [-0.25, -0.2) is 17.7 Å². The molecular formula is C44H42Cl2N10O8S. The number of amides is 5. The molecule has 0 aliphatic carbocycles. The molecule has 2 aromatic carbocycles. The average Bonchev–Trinajstić information content (AvgIpc) is 3.79. The van der Waals surface area contributed by atoms with Crippen molar-refractivity contribution in [3.8, 4) is 17.0 Å². The summed E-state index contributed by atoms with van der Waals surface area (Å²) < 4.78 is 35.2. The van der Waals surface area contributed by atoms with Crippen molar-refractivity contribution in [2.75, 3.05) is 56.0 Å². The van der Waals surface area contributed by atoms with Crippen LogP contribution >= 0.6 is 23.2 Å². The van der Waals surface area contributed by atoms with Crippen LogP contribution in [0.5, 0.6) is 5.75 Å². The van der Waals surface area contributed by atoms with Crippen LogP contribution in [-0.2, 0) is 24.4 Å². The van der Waals surface area contributed by atoms with Gasteiger partial charge < -0.3 is 19.9 Å². The largest absolute Gasteiger partial charge is 0.486 e. The summed E-state index contributed by atoms with van der Waals surface area (Å²) in [6.07, 6.45) is 5.13. The number of ether oxygens (including phenoxy) is 1. The van der Waals surface area contributed by atoms with Crippen LogP contribution in [0.4, 0.5) is 11.5 Å². The van der Waals surface area contributed by atoms with Gasteiger partial charge in [-0.2, -0.15) is 5.10 Å². The van der Waals surface area contributed by atoms with Gasteiger partial charge in [-0.05, 0) is 74.7 Å². The molecule has 1 unspecified atom stereocenters. The predicted molar refractivity (Wildman–Crippen MR) is 239 cm³/mol. The first-order chi connectivity index (χ1) is 31.2. The van der Waals surface area contributed by atoms with Crippen LogP contribution in [0, 0.1) is 5.41 Å². The summed E-state index contributed by atoms with van der Waals surface area (Å²) in [6.45, 7) is 4.60. The SMILES string of the molecule is C[C@@H](Oc1ccc2[nH]nc(-c3ccc(N4CC5(C4)CN(S(=O)(=O)C4CCN(C(=O)CNc6ccc7c(c6)C(=O)N(C6CCC(=O)NC6=O)C7=O)CC4)C5)nc3)c2c1)c1c(Cl)cncc1Cl. The fourth-order valence-electron chi connectivity index (χ4n) is 9.56. The van der Waals surface area contributed by atoms with Crippen LogP contribution in [0.25, 0.3) is 22.2 Å². The number of carbonyl (C=O) groups is 5. The van der Waals surface area contributed by atoms with E-state index in [1.807, 2.05) is 37.3 Å². The number of fused-ring (bicyclic) bond motifs is 2. The predicted octanol–water partition coefficient (Wildman–Crippen LogP) is 4.42. The van der Waals surface area contributed by atoms with E-state index in [4.69, 9.17) is 32.9 Å². The molecule has 336 valence electrons. The molecule has 3 aromatic heterocycles. The maximum atomic E-state index is 13.7. The maximum Gasteiger partial charge on any atom is 0.262 e. The number of H-pyrrole nitrogens is 1. The number of imide groups is 2. The van der Waals surface area contributed by atoms with Gasteiger partial charge >= 0.3 is 0 Å². The molecule has 2 atom stereocenters. The van der Waals surface area contributed by atoms with Gasteiger partial charge in [0, 0.05) is 91.9 Å². The molecular weight excluding hydrogens is 900 g/mol. The van der Waals surface area contributed by atoms with Crippen LogP contribution in [0.15, 0.2) is 67.1 Å². The zero-order valence-corrected chi connectivity index (χ0v) is 37.3. The van der Waals surface area contributed by atoms with Crippen LogP contribution < -0.4 is 20.3 Å². The molecule has 0 radical (unpaired) electrons.